The third-order valence-electron chi connectivity index (χ3n) is 3.19. The average molecular weight is 294 g/mol. The molecule has 1 saturated heterocycles. The molecule has 19 heavy (non-hydrogen) atoms. The lowest BCUT2D eigenvalue weighted by atomic mass is 10.1. The zero-order chi connectivity index (χ0) is 13.8. The highest BCUT2D eigenvalue weighted by Gasteiger charge is 2.21. The van der Waals surface area contributed by atoms with E-state index in [2.05, 4.69) is 6.92 Å². The van der Waals surface area contributed by atoms with E-state index in [-0.39, 0.29) is 5.91 Å². The fourth-order valence-corrected chi connectivity index (χ4v) is 3.27. The van der Waals surface area contributed by atoms with Gasteiger partial charge in [0.25, 0.3) is 0 Å². The minimum atomic E-state index is 0.204. The highest BCUT2D eigenvalue weighted by molar-refractivity contribution is 7.99. The number of hydrogen-bond donors (Lipinski definition) is 1. The van der Waals surface area contributed by atoms with Crippen LogP contribution in [0, 0.1) is 0 Å². The van der Waals surface area contributed by atoms with Gasteiger partial charge >= 0.3 is 0 Å². The second-order valence-electron chi connectivity index (χ2n) is 4.76. The predicted molar refractivity (Wildman–Crippen MR) is 84.5 cm³/mol. The van der Waals surface area contributed by atoms with Gasteiger partial charge in [0.1, 0.15) is 4.99 Å². The lowest BCUT2D eigenvalue weighted by Crippen LogP contribution is -2.41. The summed E-state index contributed by atoms with van der Waals surface area (Å²) >= 11 is 6.84. The SMILES string of the molecule is CC1CN(C(=O)Cc2ccc(C(N)=S)cc2)CCS1. The maximum Gasteiger partial charge on any atom is 0.227 e. The Hall–Kier alpha value is -1.07. The van der Waals surface area contributed by atoms with Gasteiger partial charge in [-0.2, -0.15) is 11.8 Å². The molecular weight excluding hydrogens is 276 g/mol. The van der Waals surface area contributed by atoms with Gasteiger partial charge in [0, 0.05) is 29.7 Å². The van der Waals surface area contributed by atoms with Crippen molar-refractivity contribution in [1.82, 2.24) is 4.90 Å². The number of hydrogen-bond acceptors (Lipinski definition) is 3. The molecule has 0 aliphatic carbocycles. The summed E-state index contributed by atoms with van der Waals surface area (Å²) in [5, 5.41) is 0.537. The number of carbonyl (C=O) groups is 1. The number of amides is 1. The number of nitrogens with two attached hydrogens (primary N) is 1. The summed E-state index contributed by atoms with van der Waals surface area (Å²) in [6.45, 7) is 3.88. The third-order valence-corrected chi connectivity index (χ3v) is 4.56. The van der Waals surface area contributed by atoms with Crippen LogP contribution in [0.3, 0.4) is 0 Å². The van der Waals surface area contributed by atoms with Crippen LogP contribution >= 0.6 is 24.0 Å². The molecule has 1 unspecified atom stereocenters. The fraction of sp³-hybridized carbons (Fsp3) is 0.429. The Labute approximate surface area is 123 Å². The molecule has 0 radical (unpaired) electrons. The Morgan fingerprint density at radius 2 is 2.16 bits per heavy atom. The van der Waals surface area contributed by atoms with Gasteiger partial charge in [-0.05, 0) is 5.56 Å². The molecule has 1 aromatic carbocycles. The number of carbonyl (C=O) groups excluding carboxylic acids is 1. The quantitative estimate of drug-likeness (QED) is 0.864. The van der Waals surface area contributed by atoms with Crippen LogP contribution in [0.25, 0.3) is 0 Å². The van der Waals surface area contributed by atoms with Crippen molar-refractivity contribution in [2.45, 2.75) is 18.6 Å². The van der Waals surface area contributed by atoms with Crippen molar-refractivity contribution in [1.29, 1.82) is 0 Å². The molecule has 0 aromatic heterocycles. The highest BCUT2D eigenvalue weighted by Crippen LogP contribution is 2.18. The first-order valence-electron chi connectivity index (χ1n) is 6.34. The van der Waals surface area contributed by atoms with E-state index in [1.807, 2.05) is 40.9 Å². The van der Waals surface area contributed by atoms with E-state index in [9.17, 15) is 4.79 Å². The van der Waals surface area contributed by atoms with Gasteiger partial charge in [-0.3, -0.25) is 4.79 Å². The number of rotatable bonds is 3. The standard InChI is InChI=1S/C14H18N2OS2/c1-10-9-16(6-7-19-10)13(17)8-11-2-4-12(5-3-11)14(15)18/h2-5,10H,6-9H2,1H3,(H2,15,18). The summed E-state index contributed by atoms with van der Waals surface area (Å²) in [6, 6.07) is 7.60. The van der Waals surface area contributed by atoms with Crippen LogP contribution in [0.2, 0.25) is 0 Å². The number of thioether (sulfide) groups is 1. The first kappa shape index (κ1) is 14.3. The smallest absolute Gasteiger partial charge is 0.227 e. The maximum atomic E-state index is 12.2. The predicted octanol–water partition coefficient (Wildman–Crippen LogP) is 1.83. The van der Waals surface area contributed by atoms with Crippen LogP contribution < -0.4 is 5.73 Å². The Morgan fingerprint density at radius 1 is 1.47 bits per heavy atom. The Balaban J connectivity index is 1.96. The molecule has 1 aliphatic heterocycles. The third kappa shape index (κ3) is 3.94. The average Bonchev–Trinajstić information content (AvgIpc) is 2.39. The van der Waals surface area contributed by atoms with Crippen LogP contribution in [0.4, 0.5) is 0 Å². The zero-order valence-electron chi connectivity index (χ0n) is 11.0. The summed E-state index contributed by atoms with van der Waals surface area (Å²) in [5.41, 5.74) is 7.40. The Kier molecular flexibility index (Phi) is 4.82. The van der Waals surface area contributed by atoms with Crippen molar-refractivity contribution in [3.05, 3.63) is 35.4 Å². The van der Waals surface area contributed by atoms with E-state index in [0.29, 0.717) is 16.7 Å². The van der Waals surface area contributed by atoms with Gasteiger partial charge in [-0.1, -0.05) is 43.4 Å². The van der Waals surface area contributed by atoms with Crippen molar-refractivity contribution in [3.63, 3.8) is 0 Å². The van der Waals surface area contributed by atoms with Gasteiger partial charge < -0.3 is 10.6 Å². The summed E-state index contributed by atoms with van der Waals surface area (Å²) < 4.78 is 0. The normalized spacial score (nSPS) is 19.2. The Bertz CT molecular complexity index is 473. The number of benzene rings is 1. The van der Waals surface area contributed by atoms with E-state index < -0.39 is 0 Å². The van der Waals surface area contributed by atoms with Gasteiger partial charge in [0.15, 0.2) is 0 Å². The van der Waals surface area contributed by atoms with Gasteiger partial charge in [0.2, 0.25) is 5.91 Å². The minimum absolute atomic E-state index is 0.204. The van der Waals surface area contributed by atoms with Crippen LogP contribution in [0.15, 0.2) is 24.3 Å². The van der Waals surface area contributed by atoms with E-state index in [1.54, 1.807) is 0 Å². The second-order valence-corrected chi connectivity index (χ2v) is 6.75. The van der Waals surface area contributed by atoms with E-state index in [0.717, 1.165) is 30.0 Å². The molecule has 0 bridgehead atoms. The molecule has 102 valence electrons. The zero-order valence-corrected chi connectivity index (χ0v) is 12.6. The summed E-state index contributed by atoms with van der Waals surface area (Å²) in [6.07, 6.45) is 0.453. The molecule has 1 atom stereocenters. The molecule has 1 aliphatic rings. The van der Waals surface area contributed by atoms with Gasteiger partial charge in [-0.15, -0.1) is 0 Å². The van der Waals surface area contributed by atoms with Gasteiger partial charge in [0.05, 0.1) is 6.42 Å². The lowest BCUT2D eigenvalue weighted by Gasteiger charge is -2.30. The van der Waals surface area contributed by atoms with Crippen molar-refractivity contribution >= 4 is 34.9 Å². The van der Waals surface area contributed by atoms with Crippen molar-refractivity contribution in [3.8, 4) is 0 Å². The first-order chi connectivity index (χ1) is 9.06. The van der Waals surface area contributed by atoms with Crippen LogP contribution in [0.5, 0.6) is 0 Å². The number of nitrogens with zero attached hydrogens (tertiary/aromatic N) is 1. The minimum Gasteiger partial charge on any atom is -0.389 e. The van der Waals surface area contributed by atoms with E-state index in [4.69, 9.17) is 18.0 Å². The second kappa shape index (κ2) is 6.39. The molecule has 3 nitrogen and oxygen atoms in total. The van der Waals surface area contributed by atoms with Crippen LogP contribution in [0.1, 0.15) is 18.1 Å². The van der Waals surface area contributed by atoms with Crippen LogP contribution in [-0.4, -0.2) is 39.9 Å². The molecule has 0 saturated carbocycles. The van der Waals surface area contributed by atoms with Crippen molar-refractivity contribution in [2.75, 3.05) is 18.8 Å². The lowest BCUT2D eigenvalue weighted by molar-refractivity contribution is -0.130. The molecule has 5 heteroatoms. The fourth-order valence-electron chi connectivity index (χ4n) is 2.12. The van der Waals surface area contributed by atoms with E-state index in [1.165, 1.54) is 0 Å². The highest BCUT2D eigenvalue weighted by atomic mass is 32.2. The monoisotopic (exact) mass is 294 g/mol. The van der Waals surface area contributed by atoms with E-state index >= 15 is 0 Å². The molecule has 1 fully saturated rings. The maximum absolute atomic E-state index is 12.2. The summed E-state index contributed by atoms with van der Waals surface area (Å²) in [7, 11) is 0. The Morgan fingerprint density at radius 3 is 2.74 bits per heavy atom. The number of thiocarbonyl (C=S) groups is 1. The molecule has 1 amide bonds. The van der Waals surface area contributed by atoms with Gasteiger partial charge in [-0.25, -0.2) is 0 Å². The molecule has 2 N–H and O–H groups in total. The molecular formula is C14H18N2OS2. The first-order valence-corrected chi connectivity index (χ1v) is 7.80. The molecule has 0 spiro atoms. The van der Waals surface area contributed by atoms with Crippen molar-refractivity contribution < 1.29 is 4.79 Å². The molecule has 1 heterocycles. The molecule has 2 rings (SSSR count). The summed E-state index contributed by atoms with van der Waals surface area (Å²) in [4.78, 5) is 14.5. The largest absolute Gasteiger partial charge is 0.389 e. The summed E-state index contributed by atoms with van der Waals surface area (Å²) in [5.74, 6) is 1.24. The molecule has 1 aromatic rings. The van der Waals surface area contributed by atoms with Crippen molar-refractivity contribution in [2.24, 2.45) is 5.73 Å². The topological polar surface area (TPSA) is 46.3 Å². The van der Waals surface area contributed by atoms with Crippen LogP contribution in [-0.2, 0) is 11.2 Å².